The molecule has 0 aliphatic rings. The summed E-state index contributed by atoms with van der Waals surface area (Å²) >= 11 is 1.52. The van der Waals surface area contributed by atoms with Gasteiger partial charge in [0.1, 0.15) is 0 Å². The normalized spacial score (nSPS) is 10.6. The monoisotopic (exact) mass is 275 g/mol. The van der Waals surface area contributed by atoms with Gasteiger partial charge in [0, 0.05) is 11.3 Å². The standard InChI is InChI=1S/C15H17NO2S/c1-3-4-12-14(15(17)18)16-13(19-12)9-11-7-5-10(2)6-8-11/h5-8H,3-4,9H2,1-2H3,(H,17,18). The van der Waals surface area contributed by atoms with Crippen LogP contribution >= 0.6 is 11.3 Å². The fraction of sp³-hybridized carbons (Fsp3) is 0.333. The second-order valence-corrected chi connectivity index (χ2v) is 5.77. The van der Waals surface area contributed by atoms with E-state index in [0.29, 0.717) is 6.42 Å². The lowest BCUT2D eigenvalue weighted by Crippen LogP contribution is -2.01. The van der Waals surface area contributed by atoms with Gasteiger partial charge in [-0.15, -0.1) is 11.3 Å². The summed E-state index contributed by atoms with van der Waals surface area (Å²) in [6.45, 7) is 4.10. The molecule has 0 saturated heterocycles. The number of thiazole rings is 1. The van der Waals surface area contributed by atoms with Crippen molar-refractivity contribution in [2.75, 3.05) is 0 Å². The number of aromatic carboxylic acids is 1. The Morgan fingerprint density at radius 3 is 2.58 bits per heavy atom. The minimum absolute atomic E-state index is 0.231. The minimum Gasteiger partial charge on any atom is -0.476 e. The molecule has 0 spiro atoms. The van der Waals surface area contributed by atoms with Crippen LogP contribution in [0.15, 0.2) is 24.3 Å². The van der Waals surface area contributed by atoms with E-state index in [4.69, 9.17) is 5.11 Å². The first-order valence-corrected chi connectivity index (χ1v) is 7.19. The molecule has 2 rings (SSSR count). The first-order valence-electron chi connectivity index (χ1n) is 6.37. The summed E-state index contributed by atoms with van der Waals surface area (Å²) in [7, 11) is 0. The van der Waals surface area contributed by atoms with E-state index in [1.165, 1.54) is 22.5 Å². The molecular formula is C15H17NO2S. The Morgan fingerprint density at radius 1 is 1.32 bits per heavy atom. The molecule has 1 heterocycles. The topological polar surface area (TPSA) is 50.2 Å². The van der Waals surface area contributed by atoms with Crippen molar-refractivity contribution >= 4 is 17.3 Å². The van der Waals surface area contributed by atoms with Gasteiger partial charge >= 0.3 is 5.97 Å². The summed E-state index contributed by atoms with van der Waals surface area (Å²) in [6.07, 6.45) is 2.43. The zero-order valence-electron chi connectivity index (χ0n) is 11.1. The second-order valence-electron chi connectivity index (χ2n) is 4.60. The number of rotatable bonds is 5. The zero-order valence-corrected chi connectivity index (χ0v) is 12.0. The molecule has 0 fully saturated rings. The number of hydrogen-bond acceptors (Lipinski definition) is 3. The molecule has 4 heteroatoms. The smallest absolute Gasteiger partial charge is 0.355 e. The number of aryl methyl sites for hydroxylation is 2. The van der Waals surface area contributed by atoms with E-state index in [1.807, 2.05) is 6.92 Å². The van der Waals surface area contributed by atoms with Crippen molar-refractivity contribution < 1.29 is 9.90 Å². The highest BCUT2D eigenvalue weighted by Gasteiger charge is 2.16. The Kier molecular flexibility index (Phi) is 4.32. The maximum absolute atomic E-state index is 11.2. The first-order chi connectivity index (χ1) is 9.10. The largest absolute Gasteiger partial charge is 0.476 e. The number of hydrogen-bond donors (Lipinski definition) is 1. The highest BCUT2D eigenvalue weighted by atomic mass is 32.1. The van der Waals surface area contributed by atoms with Crippen molar-refractivity contribution in [3.05, 3.63) is 51.0 Å². The van der Waals surface area contributed by atoms with Crippen LogP contribution in [0.25, 0.3) is 0 Å². The van der Waals surface area contributed by atoms with Crippen molar-refractivity contribution in [3.8, 4) is 0 Å². The van der Waals surface area contributed by atoms with Crippen molar-refractivity contribution in [1.29, 1.82) is 0 Å². The summed E-state index contributed by atoms with van der Waals surface area (Å²) in [4.78, 5) is 16.3. The average molecular weight is 275 g/mol. The predicted octanol–water partition coefficient (Wildman–Crippen LogP) is 3.69. The van der Waals surface area contributed by atoms with Crippen molar-refractivity contribution in [2.45, 2.75) is 33.1 Å². The van der Waals surface area contributed by atoms with Crippen molar-refractivity contribution in [1.82, 2.24) is 4.98 Å². The summed E-state index contributed by atoms with van der Waals surface area (Å²) in [5, 5.41) is 10.0. The third kappa shape index (κ3) is 3.41. The fourth-order valence-corrected chi connectivity index (χ4v) is 3.12. The number of carbonyl (C=O) groups is 1. The Bertz CT molecular complexity index is 572. The van der Waals surface area contributed by atoms with Gasteiger partial charge in [0.05, 0.1) is 5.01 Å². The van der Waals surface area contributed by atoms with Gasteiger partial charge in [0.15, 0.2) is 5.69 Å². The van der Waals surface area contributed by atoms with Gasteiger partial charge in [-0.2, -0.15) is 0 Å². The predicted molar refractivity (Wildman–Crippen MR) is 77.1 cm³/mol. The molecule has 1 aromatic carbocycles. The van der Waals surface area contributed by atoms with Crippen LogP contribution in [0.5, 0.6) is 0 Å². The van der Waals surface area contributed by atoms with Crippen LogP contribution in [0.3, 0.4) is 0 Å². The quantitative estimate of drug-likeness (QED) is 0.905. The Labute approximate surface area is 116 Å². The molecule has 3 nitrogen and oxygen atoms in total. The molecule has 0 saturated carbocycles. The maximum Gasteiger partial charge on any atom is 0.355 e. The number of carboxylic acid groups (broad SMARTS) is 1. The van der Waals surface area contributed by atoms with Gasteiger partial charge in [-0.1, -0.05) is 43.2 Å². The lowest BCUT2D eigenvalue weighted by molar-refractivity contribution is 0.0690. The van der Waals surface area contributed by atoms with Gasteiger partial charge in [-0.05, 0) is 18.9 Å². The SMILES string of the molecule is CCCc1sc(Cc2ccc(C)cc2)nc1C(=O)O. The summed E-state index contributed by atoms with van der Waals surface area (Å²) < 4.78 is 0. The lowest BCUT2D eigenvalue weighted by Gasteiger charge is -1.98. The molecule has 1 aromatic heterocycles. The van der Waals surface area contributed by atoms with Gasteiger partial charge in [-0.3, -0.25) is 0 Å². The summed E-state index contributed by atoms with van der Waals surface area (Å²) in [5.74, 6) is -0.921. The summed E-state index contributed by atoms with van der Waals surface area (Å²) in [5.41, 5.74) is 2.62. The van der Waals surface area contributed by atoms with Crippen LogP contribution in [0, 0.1) is 6.92 Å². The lowest BCUT2D eigenvalue weighted by atomic mass is 10.1. The number of benzene rings is 1. The molecule has 0 aliphatic heterocycles. The van der Waals surface area contributed by atoms with Crippen LogP contribution in [-0.2, 0) is 12.8 Å². The van der Waals surface area contributed by atoms with Crippen LogP contribution in [0.4, 0.5) is 0 Å². The van der Waals surface area contributed by atoms with Crippen LogP contribution in [-0.4, -0.2) is 16.1 Å². The van der Waals surface area contributed by atoms with E-state index in [1.54, 1.807) is 0 Å². The third-order valence-corrected chi connectivity index (χ3v) is 4.01. The molecular weight excluding hydrogens is 258 g/mol. The molecule has 2 aromatic rings. The van der Waals surface area contributed by atoms with Gasteiger partial charge in [0.2, 0.25) is 0 Å². The molecule has 0 amide bonds. The third-order valence-electron chi connectivity index (χ3n) is 2.90. The Balaban J connectivity index is 2.23. The average Bonchev–Trinajstić information content (AvgIpc) is 2.76. The highest BCUT2D eigenvalue weighted by Crippen LogP contribution is 2.23. The minimum atomic E-state index is -0.921. The Morgan fingerprint density at radius 2 is 2.00 bits per heavy atom. The van der Waals surface area contributed by atoms with Crippen LogP contribution in [0.2, 0.25) is 0 Å². The second kappa shape index (κ2) is 5.97. The molecule has 0 atom stereocenters. The maximum atomic E-state index is 11.2. The van der Waals surface area contributed by atoms with Gasteiger partial charge in [-0.25, -0.2) is 9.78 Å². The van der Waals surface area contributed by atoms with E-state index in [9.17, 15) is 4.79 Å². The van der Waals surface area contributed by atoms with Crippen molar-refractivity contribution in [3.63, 3.8) is 0 Å². The van der Waals surface area contributed by atoms with Crippen molar-refractivity contribution in [2.24, 2.45) is 0 Å². The molecule has 0 unspecified atom stereocenters. The van der Waals surface area contributed by atoms with Crippen LogP contribution < -0.4 is 0 Å². The molecule has 0 radical (unpaired) electrons. The highest BCUT2D eigenvalue weighted by molar-refractivity contribution is 7.11. The molecule has 19 heavy (non-hydrogen) atoms. The number of nitrogens with zero attached hydrogens (tertiary/aromatic N) is 1. The van der Waals surface area contributed by atoms with E-state index < -0.39 is 5.97 Å². The van der Waals surface area contributed by atoms with E-state index in [0.717, 1.165) is 22.7 Å². The zero-order chi connectivity index (χ0) is 13.8. The Hall–Kier alpha value is -1.68. The molecule has 0 aliphatic carbocycles. The summed E-state index contributed by atoms with van der Waals surface area (Å²) in [6, 6.07) is 8.26. The first kappa shape index (κ1) is 13.7. The van der Waals surface area contributed by atoms with Gasteiger partial charge in [0.25, 0.3) is 0 Å². The number of carboxylic acids is 1. The van der Waals surface area contributed by atoms with Crippen LogP contribution in [0.1, 0.15) is 44.8 Å². The fourth-order valence-electron chi connectivity index (χ4n) is 1.92. The van der Waals surface area contributed by atoms with E-state index in [2.05, 4.69) is 36.2 Å². The number of aromatic nitrogens is 1. The van der Waals surface area contributed by atoms with Gasteiger partial charge < -0.3 is 5.11 Å². The molecule has 0 bridgehead atoms. The van der Waals surface area contributed by atoms with E-state index in [-0.39, 0.29) is 5.69 Å². The molecule has 1 N–H and O–H groups in total. The van der Waals surface area contributed by atoms with E-state index >= 15 is 0 Å². The molecule has 100 valence electrons.